The third kappa shape index (κ3) is 4.17. The van der Waals surface area contributed by atoms with Gasteiger partial charge in [0.15, 0.2) is 0 Å². The molecule has 1 aliphatic carbocycles. The van der Waals surface area contributed by atoms with Crippen molar-refractivity contribution in [1.82, 2.24) is 5.32 Å². The second-order valence-electron chi connectivity index (χ2n) is 5.12. The average molecular weight is 366 g/mol. The van der Waals surface area contributed by atoms with Gasteiger partial charge in [0.05, 0.1) is 10.0 Å². The van der Waals surface area contributed by atoms with Crippen LogP contribution in [0.2, 0.25) is 0 Å². The van der Waals surface area contributed by atoms with Crippen LogP contribution in [-0.4, -0.2) is 18.0 Å². The molecule has 20 heavy (non-hydrogen) atoms. The summed E-state index contributed by atoms with van der Waals surface area (Å²) in [4.78, 5) is 12.0. The van der Waals surface area contributed by atoms with Crippen molar-refractivity contribution >= 4 is 34.2 Å². The zero-order valence-electron chi connectivity index (χ0n) is 11.1. The fourth-order valence-corrected chi connectivity index (χ4v) is 2.85. The number of halogens is 3. The molecule has 0 aromatic heterocycles. The second kappa shape index (κ2) is 7.38. The van der Waals surface area contributed by atoms with Crippen LogP contribution in [0.25, 0.3) is 0 Å². The Kier molecular flexibility index (Phi) is 6.43. The summed E-state index contributed by atoms with van der Waals surface area (Å²) in [7, 11) is 0. The molecule has 6 heteroatoms. The number of benzene rings is 1. The topological polar surface area (TPSA) is 55.1 Å². The molecule has 1 amide bonds. The van der Waals surface area contributed by atoms with Gasteiger partial charge in [-0.05, 0) is 52.9 Å². The molecule has 0 atom stereocenters. The van der Waals surface area contributed by atoms with Crippen LogP contribution in [0, 0.1) is 5.82 Å². The first-order valence-electron chi connectivity index (χ1n) is 6.52. The Morgan fingerprint density at radius 2 is 2.05 bits per heavy atom. The summed E-state index contributed by atoms with van der Waals surface area (Å²) < 4.78 is 13.5. The van der Waals surface area contributed by atoms with Crippen molar-refractivity contribution in [3.05, 3.63) is 34.1 Å². The fraction of sp³-hybridized carbons (Fsp3) is 0.500. The van der Waals surface area contributed by atoms with E-state index in [1.165, 1.54) is 6.07 Å². The molecule has 0 saturated heterocycles. The summed E-state index contributed by atoms with van der Waals surface area (Å²) in [6, 6.07) is 4.87. The Morgan fingerprint density at radius 1 is 1.40 bits per heavy atom. The van der Waals surface area contributed by atoms with Crippen LogP contribution < -0.4 is 11.1 Å². The number of amides is 1. The number of rotatable bonds is 4. The van der Waals surface area contributed by atoms with Crippen molar-refractivity contribution in [1.29, 1.82) is 0 Å². The van der Waals surface area contributed by atoms with E-state index in [0.29, 0.717) is 17.4 Å². The molecule has 0 unspecified atom stereocenters. The van der Waals surface area contributed by atoms with E-state index in [4.69, 9.17) is 5.73 Å². The molecule has 1 aromatic carbocycles. The van der Waals surface area contributed by atoms with Gasteiger partial charge >= 0.3 is 0 Å². The SMILES string of the molecule is Cl.NC1(C(=O)NCCc2ccc(F)c(Br)c2)CCCC1. The quantitative estimate of drug-likeness (QED) is 0.862. The molecule has 1 aromatic rings. The minimum Gasteiger partial charge on any atom is -0.354 e. The number of nitrogens with two attached hydrogens (primary N) is 1. The first-order valence-corrected chi connectivity index (χ1v) is 7.32. The fourth-order valence-electron chi connectivity index (χ4n) is 2.42. The van der Waals surface area contributed by atoms with Crippen LogP contribution in [0.4, 0.5) is 4.39 Å². The lowest BCUT2D eigenvalue weighted by Gasteiger charge is -2.22. The highest BCUT2D eigenvalue weighted by Crippen LogP contribution is 2.27. The first-order chi connectivity index (χ1) is 9.01. The standard InChI is InChI=1S/C14H18BrFN2O.ClH/c15-11-9-10(3-4-12(11)16)5-8-18-13(19)14(17)6-1-2-7-14;/h3-4,9H,1-2,5-8,17H2,(H,18,19);1H. The Bertz CT molecular complexity index is 478. The number of hydrogen-bond donors (Lipinski definition) is 2. The molecular formula is C14H19BrClFN2O. The molecule has 0 bridgehead atoms. The maximum Gasteiger partial charge on any atom is 0.240 e. The molecule has 3 nitrogen and oxygen atoms in total. The maximum atomic E-state index is 13.1. The van der Waals surface area contributed by atoms with Gasteiger partial charge in [0.1, 0.15) is 5.82 Å². The van der Waals surface area contributed by atoms with Crippen molar-refractivity contribution in [3.8, 4) is 0 Å². The summed E-state index contributed by atoms with van der Waals surface area (Å²) in [5.41, 5.74) is 6.36. The van der Waals surface area contributed by atoms with E-state index in [2.05, 4.69) is 21.2 Å². The monoisotopic (exact) mass is 364 g/mol. The van der Waals surface area contributed by atoms with E-state index in [9.17, 15) is 9.18 Å². The van der Waals surface area contributed by atoms with Gasteiger partial charge in [0.25, 0.3) is 0 Å². The lowest BCUT2D eigenvalue weighted by Crippen LogP contribution is -2.52. The van der Waals surface area contributed by atoms with Gasteiger partial charge in [-0.3, -0.25) is 4.79 Å². The molecule has 3 N–H and O–H groups in total. The highest BCUT2D eigenvalue weighted by molar-refractivity contribution is 9.10. The molecule has 0 aliphatic heterocycles. The molecule has 112 valence electrons. The zero-order chi connectivity index (χ0) is 13.9. The first kappa shape index (κ1) is 17.4. The summed E-state index contributed by atoms with van der Waals surface area (Å²) >= 11 is 3.15. The van der Waals surface area contributed by atoms with Crippen LogP contribution in [-0.2, 0) is 11.2 Å². The summed E-state index contributed by atoms with van der Waals surface area (Å²) in [5.74, 6) is -0.342. The van der Waals surface area contributed by atoms with Gasteiger partial charge in [-0.1, -0.05) is 18.9 Å². The molecule has 2 rings (SSSR count). The molecule has 0 radical (unpaired) electrons. The highest BCUT2D eigenvalue weighted by atomic mass is 79.9. The normalized spacial score (nSPS) is 16.6. The Labute approximate surface area is 133 Å². The van der Waals surface area contributed by atoms with E-state index in [-0.39, 0.29) is 24.1 Å². The second-order valence-corrected chi connectivity index (χ2v) is 5.97. The number of carbonyl (C=O) groups is 1. The van der Waals surface area contributed by atoms with Crippen LogP contribution >= 0.6 is 28.3 Å². The minimum atomic E-state index is -0.677. The summed E-state index contributed by atoms with van der Waals surface area (Å²) in [6.45, 7) is 0.524. The number of hydrogen-bond acceptors (Lipinski definition) is 2. The molecule has 0 spiro atoms. The van der Waals surface area contributed by atoms with E-state index in [1.807, 2.05) is 0 Å². The lowest BCUT2D eigenvalue weighted by molar-refractivity contribution is -0.126. The predicted octanol–water partition coefficient (Wildman–Crippen LogP) is 2.94. The van der Waals surface area contributed by atoms with Crippen LogP contribution in [0.15, 0.2) is 22.7 Å². The van der Waals surface area contributed by atoms with Crippen molar-refractivity contribution < 1.29 is 9.18 Å². The minimum absolute atomic E-state index is 0. The average Bonchev–Trinajstić information content (AvgIpc) is 2.82. The van der Waals surface area contributed by atoms with Gasteiger partial charge in [0, 0.05) is 6.54 Å². The Balaban J connectivity index is 0.00000200. The molecule has 1 aliphatic rings. The summed E-state index contributed by atoms with van der Waals surface area (Å²) in [6.07, 6.45) is 4.24. The Hall–Kier alpha value is -0.650. The van der Waals surface area contributed by atoms with E-state index in [0.717, 1.165) is 31.2 Å². The largest absolute Gasteiger partial charge is 0.354 e. The van der Waals surface area contributed by atoms with Gasteiger partial charge in [0.2, 0.25) is 5.91 Å². The van der Waals surface area contributed by atoms with Gasteiger partial charge < -0.3 is 11.1 Å². The smallest absolute Gasteiger partial charge is 0.240 e. The maximum absolute atomic E-state index is 13.1. The Morgan fingerprint density at radius 3 is 2.65 bits per heavy atom. The number of carbonyl (C=O) groups excluding carboxylic acids is 1. The van der Waals surface area contributed by atoms with E-state index < -0.39 is 5.54 Å². The van der Waals surface area contributed by atoms with Crippen molar-refractivity contribution in [2.75, 3.05) is 6.54 Å². The summed E-state index contributed by atoms with van der Waals surface area (Å²) in [5, 5.41) is 2.87. The van der Waals surface area contributed by atoms with Gasteiger partial charge in [-0.15, -0.1) is 12.4 Å². The van der Waals surface area contributed by atoms with Gasteiger partial charge in [-0.25, -0.2) is 4.39 Å². The molecule has 1 fully saturated rings. The zero-order valence-corrected chi connectivity index (χ0v) is 13.5. The van der Waals surface area contributed by atoms with E-state index in [1.54, 1.807) is 12.1 Å². The van der Waals surface area contributed by atoms with Crippen molar-refractivity contribution in [2.45, 2.75) is 37.6 Å². The molecular weight excluding hydrogens is 347 g/mol. The van der Waals surface area contributed by atoms with E-state index >= 15 is 0 Å². The van der Waals surface area contributed by atoms with Crippen LogP contribution in [0.1, 0.15) is 31.2 Å². The predicted molar refractivity (Wildman–Crippen MR) is 83.4 cm³/mol. The lowest BCUT2D eigenvalue weighted by atomic mass is 9.98. The highest BCUT2D eigenvalue weighted by Gasteiger charge is 2.36. The molecule has 0 heterocycles. The number of nitrogens with one attached hydrogen (secondary N) is 1. The third-order valence-electron chi connectivity index (χ3n) is 3.63. The van der Waals surface area contributed by atoms with Crippen LogP contribution in [0.5, 0.6) is 0 Å². The van der Waals surface area contributed by atoms with Gasteiger partial charge in [-0.2, -0.15) is 0 Å². The molecule has 1 saturated carbocycles. The van der Waals surface area contributed by atoms with Crippen molar-refractivity contribution in [3.63, 3.8) is 0 Å². The van der Waals surface area contributed by atoms with Crippen LogP contribution in [0.3, 0.4) is 0 Å². The third-order valence-corrected chi connectivity index (χ3v) is 4.24. The van der Waals surface area contributed by atoms with Crippen molar-refractivity contribution in [2.24, 2.45) is 5.73 Å².